The summed E-state index contributed by atoms with van der Waals surface area (Å²) < 4.78 is 11.9. The molecule has 0 saturated heterocycles. The molecule has 13 heteroatoms. The van der Waals surface area contributed by atoms with Crippen LogP contribution in [0.25, 0.3) is 0 Å². The van der Waals surface area contributed by atoms with Crippen molar-refractivity contribution in [2.45, 2.75) is 30.3 Å². The van der Waals surface area contributed by atoms with Crippen molar-refractivity contribution < 1.29 is 65.3 Å². The van der Waals surface area contributed by atoms with Gasteiger partial charge >= 0.3 is 0 Å². The van der Waals surface area contributed by atoms with Crippen LogP contribution in [0, 0.1) is 0 Å². The highest BCUT2D eigenvalue weighted by Gasteiger charge is 2.48. The minimum Gasteiger partial charge on any atom is -0.508 e. The van der Waals surface area contributed by atoms with Crippen LogP contribution < -0.4 is 9.47 Å². The number of ether oxygens (including phenoxy) is 2. The van der Waals surface area contributed by atoms with Crippen molar-refractivity contribution in [3.63, 3.8) is 0 Å². The van der Waals surface area contributed by atoms with Gasteiger partial charge in [-0.25, -0.2) is 0 Å². The second-order valence-electron chi connectivity index (χ2n) is 10.3. The number of hydrogen-bond donors (Lipinski definition) is 10. The molecule has 5 atom stereocenters. The van der Waals surface area contributed by atoms with E-state index in [0.717, 1.165) is 42.5 Å². The van der Waals surface area contributed by atoms with Crippen molar-refractivity contribution in [3.05, 3.63) is 82.4 Å². The zero-order chi connectivity index (χ0) is 30.9. The highest BCUT2D eigenvalue weighted by Crippen LogP contribution is 2.57. The molecule has 2 heterocycles. The maximum atomic E-state index is 13.4. The zero-order valence-electron chi connectivity index (χ0n) is 21.8. The summed E-state index contributed by atoms with van der Waals surface area (Å²) in [7, 11) is 0. The number of aromatic hydroxyl groups is 8. The van der Waals surface area contributed by atoms with Gasteiger partial charge in [-0.3, -0.25) is 4.79 Å². The van der Waals surface area contributed by atoms with Gasteiger partial charge in [0, 0.05) is 29.3 Å². The van der Waals surface area contributed by atoms with E-state index in [-0.39, 0.29) is 28.0 Å². The maximum Gasteiger partial charge on any atom is 0.202 e. The average molecular weight is 593 g/mol. The van der Waals surface area contributed by atoms with E-state index in [0.29, 0.717) is 0 Å². The lowest BCUT2D eigenvalue weighted by molar-refractivity contribution is 0.00285. The summed E-state index contributed by atoms with van der Waals surface area (Å²) >= 11 is 0. The van der Waals surface area contributed by atoms with Gasteiger partial charge < -0.3 is 60.5 Å². The van der Waals surface area contributed by atoms with Gasteiger partial charge in [-0.05, 0) is 35.4 Å². The molecule has 222 valence electrons. The van der Waals surface area contributed by atoms with E-state index in [9.17, 15) is 55.9 Å². The van der Waals surface area contributed by atoms with E-state index in [2.05, 4.69) is 0 Å². The number of carbonyl (C=O) groups excluding carboxylic acids is 1. The van der Waals surface area contributed by atoms with Crippen LogP contribution >= 0.6 is 0 Å². The summed E-state index contributed by atoms with van der Waals surface area (Å²) in [6.07, 6.45) is -6.51. The lowest BCUT2D eigenvalue weighted by Crippen LogP contribution is -2.39. The minimum atomic E-state index is -1.91. The van der Waals surface area contributed by atoms with Crippen LogP contribution in [0.2, 0.25) is 0 Å². The van der Waals surface area contributed by atoms with E-state index >= 15 is 0 Å². The van der Waals surface area contributed by atoms with E-state index in [1.165, 1.54) is 12.1 Å². The highest BCUT2D eigenvalue weighted by atomic mass is 16.5. The molecule has 0 bridgehead atoms. The molecule has 0 radical (unpaired) electrons. The fraction of sp³-hybridized carbons (Fsp3) is 0.167. The summed E-state index contributed by atoms with van der Waals surface area (Å²) in [6, 6.07) is 9.89. The fourth-order valence-electron chi connectivity index (χ4n) is 5.61. The number of Topliss-reactive ketones (excluding diaryl/α,β-unsaturated/α-hetero) is 1. The van der Waals surface area contributed by atoms with E-state index in [1.807, 2.05) is 0 Å². The summed E-state index contributed by atoms with van der Waals surface area (Å²) in [5.41, 5.74) is -0.829. The number of rotatable bonds is 3. The Morgan fingerprint density at radius 2 is 1.14 bits per heavy atom. The average Bonchev–Trinajstić information content (AvgIpc) is 2.94. The third-order valence-corrected chi connectivity index (χ3v) is 7.61. The fourth-order valence-corrected chi connectivity index (χ4v) is 5.61. The van der Waals surface area contributed by atoms with Crippen LogP contribution in [0.15, 0.2) is 54.6 Å². The number of phenolic OH excluding ortho intramolecular Hbond substituents is 8. The van der Waals surface area contributed by atoms with Gasteiger partial charge in [0.25, 0.3) is 0 Å². The summed E-state index contributed by atoms with van der Waals surface area (Å²) in [6.45, 7) is 0. The maximum absolute atomic E-state index is 13.4. The van der Waals surface area contributed by atoms with Gasteiger partial charge in [0.15, 0.2) is 41.3 Å². The largest absolute Gasteiger partial charge is 0.508 e. The standard InChI is InChI=1S/C30H24O13/c31-12-7-17(36)21-20(8-12)42-28(10-1-3-13(32)15(34)5-10)26(40)24(21)22-18(37)9-19(38)23-25(39)27(41)29(43-30(22)23)11-2-4-14(33)16(35)6-11/h1-9,24,26-29,31-38,40-41H/t24-,26-,27-,28+,29+/m0/s1. The predicted octanol–water partition coefficient (Wildman–Crippen LogP) is 2.64. The van der Waals surface area contributed by atoms with E-state index in [4.69, 9.17) is 9.47 Å². The smallest absolute Gasteiger partial charge is 0.202 e. The van der Waals surface area contributed by atoms with E-state index in [1.54, 1.807) is 0 Å². The Balaban J connectivity index is 1.58. The Morgan fingerprint density at radius 3 is 1.74 bits per heavy atom. The normalized spacial score (nSPS) is 22.7. The van der Waals surface area contributed by atoms with Crippen molar-refractivity contribution in [1.29, 1.82) is 0 Å². The van der Waals surface area contributed by atoms with Crippen LogP contribution in [0.3, 0.4) is 0 Å². The molecule has 2 aliphatic heterocycles. The van der Waals surface area contributed by atoms with Crippen LogP contribution in [-0.2, 0) is 0 Å². The Labute approximate surface area is 241 Å². The van der Waals surface area contributed by atoms with Gasteiger partial charge in [-0.1, -0.05) is 12.1 Å². The molecule has 0 unspecified atom stereocenters. The van der Waals surface area contributed by atoms with Gasteiger partial charge in [-0.15, -0.1) is 0 Å². The first-order valence-electron chi connectivity index (χ1n) is 12.8. The second-order valence-corrected chi connectivity index (χ2v) is 10.3. The number of hydrogen-bond acceptors (Lipinski definition) is 13. The molecule has 4 aromatic carbocycles. The highest BCUT2D eigenvalue weighted by molar-refractivity contribution is 6.06. The lowest BCUT2D eigenvalue weighted by Gasteiger charge is -2.40. The molecule has 0 spiro atoms. The number of ketones is 1. The molecule has 0 aromatic heterocycles. The number of aliphatic hydroxyl groups excluding tert-OH is 2. The topological polar surface area (TPSA) is 238 Å². The minimum absolute atomic E-state index is 0.0359. The molecule has 6 rings (SSSR count). The van der Waals surface area contributed by atoms with Gasteiger partial charge in [0.2, 0.25) is 5.78 Å². The SMILES string of the molecule is O=C1c2c(O)cc(O)c([C@@H]3c4c(O)cc(O)cc4O[C@H](c4ccc(O)c(O)c4)[C@H]3O)c2O[C@H](c2ccc(O)c(O)c2)[C@H]1O. The molecule has 4 aromatic rings. The molecule has 43 heavy (non-hydrogen) atoms. The molecular formula is C30H24O13. The lowest BCUT2D eigenvalue weighted by atomic mass is 9.77. The molecule has 0 fully saturated rings. The second kappa shape index (κ2) is 9.79. The number of benzene rings is 4. The van der Waals surface area contributed by atoms with Gasteiger partial charge in [0.1, 0.15) is 46.2 Å². The Hall–Kier alpha value is -5.53. The molecule has 2 aliphatic rings. The van der Waals surface area contributed by atoms with Crippen molar-refractivity contribution >= 4 is 5.78 Å². The first-order chi connectivity index (χ1) is 20.4. The van der Waals surface area contributed by atoms with E-state index < -0.39 is 93.4 Å². The summed E-state index contributed by atoms with van der Waals surface area (Å²) in [4.78, 5) is 13.4. The number of aliphatic hydroxyl groups is 2. The molecule has 0 amide bonds. The number of phenols is 8. The number of carbonyl (C=O) groups is 1. The first-order valence-corrected chi connectivity index (χ1v) is 12.8. The first kappa shape index (κ1) is 27.6. The van der Waals surface area contributed by atoms with Crippen LogP contribution in [0.4, 0.5) is 0 Å². The molecular weight excluding hydrogens is 568 g/mol. The molecule has 0 aliphatic carbocycles. The third kappa shape index (κ3) is 4.29. The van der Waals surface area contributed by atoms with Crippen molar-refractivity contribution in [2.75, 3.05) is 0 Å². The van der Waals surface area contributed by atoms with Crippen molar-refractivity contribution in [2.24, 2.45) is 0 Å². The zero-order valence-corrected chi connectivity index (χ0v) is 21.8. The Kier molecular flexibility index (Phi) is 6.29. The summed E-state index contributed by atoms with van der Waals surface area (Å²) in [5.74, 6) is -7.65. The van der Waals surface area contributed by atoms with Crippen LogP contribution in [0.1, 0.15) is 50.7 Å². The molecule has 0 saturated carbocycles. The summed E-state index contributed by atoms with van der Waals surface area (Å²) in [5, 5.41) is 105. The van der Waals surface area contributed by atoms with Crippen LogP contribution in [0.5, 0.6) is 57.5 Å². The Morgan fingerprint density at radius 1 is 0.558 bits per heavy atom. The van der Waals surface area contributed by atoms with Gasteiger partial charge in [-0.2, -0.15) is 0 Å². The number of fused-ring (bicyclic) bond motifs is 2. The monoisotopic (exact) mass is 592 g/mol. The Bertz CT molecular complexity index is 1800. The predicted molar refractivity (Wildman–Crippen MR) is 144 cm³/mol. The van der Waals surface area contributed by atoms with Crippen molar-refractivity contribution in [1.82, 2.24) is 0 Å². The quantitative estimate of drug-likeness (QED) is 0.154. The van der Waals surface area contributed by atoms with Crippen molar-refractivity contribution in [3.8, 4) is 57.5 Å². The third-order valence-electron chi connectivity index (χ3n) is 7.61. The van der Waals surface area contributed by atoms with Crippen LogP contribution in [-0.4, -0.2) is 69.1 Å². The molecule has 13 nitrogen and oxygen atoms in total. The van der Waals surface area contributed by atoms with Gasteiger partial charge in [0.05, 0.1) is 5.92 Å². The molecule has 10 N–H and O–H groups in total.